The standard InChI is InChI=1S/C6H12N2O2.C4H10O2/c7-5(9)3-1-2-4-6(8)10;5-3-1-2-4-6/h1-4H2,(H2,7,9)(H2,8,10);5-6H,1-4H2. The number of hydrogen-bond acceptors (Lipinski definition) is 4. The number of aliphatic hydroxyl groups excluding tert-OH is 2. The van der Waals surface area contributed by atoms with Gasteiger partial charge in [0, 0.05) is 26.1 Å². The van der Waals surface area contributed by atoms with E-state index < -0.39 is 0 Å². The van der Waals surface area contributed by atoms with Crippen molar-refractivity contribution in [1.82, 2.24) is 0 Å². The summed E-state index contributed by atoms with van der Waals surface area (Å²) in [5, 5.41) is 16.2. The molecule has 0 aromatic rings. The van der Waals surface area contributed by atoms with E-state index in [0.29, 0.717) is 25.7 Å². The quantitative estimate of drug-likeness (QED) is 0.413. The van der Waals surface area contributed by atoms with E-state index in [0.717, 1.165) is 12.8 Å². The van der Waals surface area contributed by atoms with Gasteiger partial charge < -0.3 is 21.7 Å². The molecule has 0 saturated carbocycles. The summed E-state index contributed by atoms with van der Waals surface area (Å²) >= 11 is 0. The van der Waals surface area contributed by atoms with Gasteiger partial charge in [-0.15, -0.1) is 0 Å². The minimum atomic E-state index is -0.329. The van der Waals surface area contributed by atoms with Gasteiger partial charge >= 0.3 is 0 Å². The van der Waals surface area contributed by atoms with E-state index in [2.05, 4.69) is 0 Å². The second-order valence-electron chi connectivity index (χ2n) is 3.29. The lowest BCUT2D eigenvalue weighted by Crippen LogP contribution is -2.12. The van der Waals surface area contributed by atoms with E-state index >= 15 is 0 Å². The Morgan fingerprint density at radius 2 is 1.06 bits per heavy atom. The molecule has 0 aromatic carbocycles. The van der Waals surface area contributed by atoms with Gasteiger partial charge in [-0.25, -0.2) is 0 Å². The molecular weight excluding hydrogens is 212 g/mol. The van der Waals surface area contributed by atoms with Crippen molar-refractivity contribution >= 4 is 11.8 Å². The molecule has 0 saturated heterocycles. The molecule has 0 aromatic heterocycles. The number of amides is 2. The smallest absolute Gasteiger partial charge is 0.217 e. The van der Waals surface area contributed by atoms with E-state index in [1.165, 1.54) is 0 Å². The van der Waals surface area contributed by atoms with Crippen LogP contribution in [-0.2, 0) is 9.59 Å². The van der Waals surface area contributed by atoms with Crippen LogP contribution >= 0.6 is 0 Å². The maximum Gasteiger partial charge on any atom is 0.217 e. The first-order valence-corrected chi connectivity index (χ1v) is 5.33. The molecule has 0 atom stereocenters. The van der Waals surface area contributed by atoms with Crippen molar-refractivity contribution in [3.05, 3.63) is 0 Å². The van der Waals surface area contributed by atoms with E-state index in [-0.39, 0.29) is 25.0 Å². The van der Waals surface area contributed by atoms with Crippen LogP contribution in [0.5, 0.6) is 0 Å². The molecule has 0 heterocycles. The van der Waals surface area contributed by atoms with Crippen LogP contribution < -0.4 is 11.5 Å². The fourth-order valence-corrected chi connectivity index (χ4v) is 0.822. The van der Waals surface area contributed by atoms with E-state index in [4.69, 9.17) is 21.7 Å². The molecule has 0 aliphatic carbocycles. The van der Waals surface area contributed by atoms with Crippen LogP contribution in [0.3, 0.4) is 0 Å². The van der Waals surface area contributed by atoms with E-state index in [9.17, 15) is 9.59 Å². The Morgan fingerprint density at radius 1 is 0.750 bits per heavy atom. The molecule has 0 bridgehead atoms. The van der Waals surface area contributed by atoms with Crippen LogP contribution in [0.2, 0.25) is 0 Å². The van der Waals surface area contributed by atoms with Crippen molar-refractivity contribution in [1.29, 1.82) is 0 Å². The second kappa shape index (κ2) is 13.9. The Bertz CT molecular complexity index is 166. The number of rotatable bonds is 8. The summed E-state index contributed by atoms with van der Waals surface area (Å²) in [5.41, 5.74) is 9.71. The van der Waals surface area contributed by atoms with Gasteiger partial charge in [-0.3, -0.25) is 9.59 Å². The highest BCUT2D eigenvalue weighted by Crippen LogP contribution is 1.97. The molecule has 6 nitrogen and oxygen atoms in total. The number of unbranched alkanes of at least 4 members (excludes halogenated alkanes) is 2. The molecule has 0 rings (SSSR count). The summed E-state index contributed by atoms with van der Waals surface area (Å²) in [7, 11) is 0. The lowest BCUT2D eigenvalue weighted by Gasteiger charge is -1.93. The fourth-order valence-electron chi connectivity index (χ4n) is 0.822. The van der Waals surface area contributed by atoms with Crippen LogP contribution in [0.1, 0.15) is 38.5 Å². The van der Waals surface area contributed by atoms with Gasteiger partial charge in [0.05, 0.1) is 0 Å². The van der Waals surface area contributed by atoms with Crippen molar-refractivity contribution in [2.24, 2.45) is 11.5 Å². The van der Waals surface area contributed by atoms with Gasteiger partial charge in [-0.1, -0.05) is 0 Å². The van der Waals surface area contributed by atoms with Gasteiger partial charge in [0.2, 0.25) is 11.8 Å². The zero-order chi connectivity index (χ0) is 12.8. The van der Waals surface area contributed by atoms with E-state index in [1.807, 2.05) is 0 Å². The highest BCUT2D eigenvalue weighted by atomic mass is 16.3. The van der Waals surface area contributed by atoms with Crippen molar-refractivity contribution in [3.8, 4) is 0 Å². The minimum Gasteiger partial charge on any atom is -0.396 e. The van der Waals surface area contributed by atoms with Gasteiger partial charge in [0.1, 0.15) is 0 Å². The molecule has 16 heavy (non-hydrogen) atoms. The number of carbonyl (C=O) groups excluding carboxylic acids is 2. The Hall–Kier alpha value is -1.14. The number of hydrogen-bond donors (Lipinski definition) is 4. The SMILES string of the molecule is NC(=O)CCCCC(N)=O.OCCCCO. The first kappa shape index (κ1) is 17.3. The molecule has 0 unspecified atom stereocenters. The summed E-state index contributed by atoms with van der Waals surface area (Å²) in [6.45, 7) is 0.390. The molecule has 0 aliphatic rings. The maximum atomic E-state index is 10.2. The number of nitrogens with two attached hydrogens (primary N) is 2. The van der Waals surface area contributed by atoms with Crippen LogP contribution in [0, 0.1) is 0 Å². The van der Waals surface area contributed by atoms with Crippen molar-refractivity contribution in [2.75, 3.05) is 13.2 Å². The Labute approximate surface area is 95.6 Å². The minimum absolute atomic E-state index is 0.195. The van der Waals surface area contributed by atoms with Gasteiger partial charge in [0.25, 0.3) is 0 Å². The molecule has 6 heteroatoms. The third kappa shape index (κ3) is 23.0. The normalized spacial score (nSPS) is 9.12. The molecule has 0 fully saturated rings. The fraction of sp³-hybridized carbons (Fsp3) is 0.800. The largest absolute Gasteiger partial charge is 0.396 e. The Morgan fingerprint density at radius 3 is 1.25 bits per heavy atom. The first-order valence-electron chi connectivity index (χ1n) is 5.33. The van der Waals surface area contributed by atoms with Crippen LogP contribution in [0.25, 0.3) is 0 Å². The monoisotopic (exact) mass is 234 g/mol. The van der Waals surface area contributed by atoms with Gasteiger partial charge in [-0.05, 0) is 25.7 Å². The third-order valence-electron chi connectivity index (χ3n) is 1.66. The molecule has 0 radical (unpaired) electrons. The maximum absolute atomic E-state index is 10.2. The highest BCUT2D eigenvalue weighted by Gasteiger charge is 1.96. The molecule has 96 valence electrons. The molecule has 0 aliphatic heterocycles. The zero-order valence-electron chi connectivity index (χ0n) is 9.52. The molecule has 6 N–H and O–H groups in total. The summed E-state index contributed by atoms with van der Waals surface area (Å²) in [6.07, 6.45) is 3.42. The van der Waals surface area contributed by atoms with Gasteiger partial charge in [-0.2, -0.15) is 0 Å². The predicted octanol–water partition coefficient (Wildman–Crippen LogP) is -0.731. The zero-order valence-corrected chi connectivity index (χ0v) is 9.52. The average Bonchev–Trinajstić information content (AvgIpc) is 2.22. The number of carbonyl (C=O) groups is 2. The molecular formula is C10H22N2O4. The van der Waals surface area contributed by atoms with Crippen molar-refractivity contribution < 1.29 is 19.8 Å². The summed E-state index contributed by atoms with van der Waals surface area (Å²) in [5.74, 6) is -0.658. The van der Waals surface area contributed by atoms with Crippen LogP contribution in [0.4, 0.5) is 0 Å². The van der Waals surface area contributed by atoms with Crippen molar-refractivity contribution in [3.63, 3.8) is 0 Å². The molecule has 2 amide bonds. The number of primary amides is 2. The Balaban J connectivity index is 0. The summed E-state index contributed by atoms with van der Waals surface area (Å²) < 4.78 is 0. The van der Waals surface area contributed by atoms with Crippen LogP contribution in [0.15, 0.2) is 0 Å². The topological polar surface area (TPSA) is 127 Å². The van der Waals surface area contributed by atoms with E-state index in [1.54, 1.807) is 0 Å². The molecule has 0 spiro atoms. The Kier molecular flexibility index (Phi) is 15.0. The second-order valence-corrected chi connectivity index (χ2v) is 3.29. The van der Waals surface area contributed by atoms with Crippen LogP contribution in [-0.4, -0.2) is 35.2 Å². The number of aliphatic hydroxyl groups is 2. The lowest BCUT2D eigenvalue weighted by molar-refractivity contribution is -0.119. The van der Waals surface area contributed by atoms with Gasteiger partial charge in [0.15, 0.2) is 0 Å². The predicted molar refractivity (Wildman–Crippen MR) is 60.3 cm³/mol. The average molecular weight is 234 g/mol. The lowest BCUT2D eigenvalue weighted by atomic mass is 10.2. The third-order valence-corrected chi connectivity index (χ3v) is 1.66. The summed E-state index contributed by atoms with van der Waals surface area (Å²) in [6, 6.07) is 0. The summed E-state index contributed by atoms with van der Waals surface area (Å²) in [4.78, 5) is 20.3. The highest BCUT2D eigenvalue weighted by molar-refractivity contribution is 5.74. The first-order chi connectivity index (χ1) is 7.54. The van der Waals surface area contributed by atoms with Crippen molar-refractivity contribution in [2.45, 2.75) is 38.5 Å².